The highest BCUT2D eigenvalue weighted by molar-refractivity contribution is 8.00. The van der Waals surface area contributed by atoms with Gasteiger partial charge in [0.05, 0.1) is 6.61 Å². The highest BCUT2D eigenvalue weighted by Gasteiger charge is 2.30. The largest absolute Gasteiger partial charge is 0.466 e. The molecule has 1 saturated heterocycles. The van der Waals surface area contributed by atoms with Gasteiger partial charge in [0.1, 0.15) is 0 Å². The molecular weight excluding hydrogens is 929 g/mol. The predicted molar refractivity (Wildman–Crippen MR) is 276 cm³/mol. The zero-order valence-electron chi connectivity index (χ0n) is 38.6. The second kappa shape index (κ2) is 28.9. The van der Waals surface area contributed by atoms with E-state index in [4.69, 9.17) is 22.1 Å². The van der Waals surface area contributed by atoms with Crippen LogP contribution in [0.15, 0.2) is 136 Å². The highest BCUT2D eigenvalue weighted by atomic mass is 35.5. The van der Waals surface area contributed by atoms with Crippen LogP contribution in [0.1, 0.15) is 87.1 Å². The Kier molecular flexibility index (Phi) is 23.2. The fourth-order valence-electron chi connectivity index (χ4n) is 7.81. The van der Waals surface area contributed by atoms with Crippen molar-refractivity contribution in [3.8, 4) is 11.1 Å². The molecule has 1 fully saturated rings. The lowest BCUT2D eigenvalue weighted by molar-refractivity contribution is -0.143. The number of anilines is 2. The van der Waals surface area contributed by atoms with Crippen LogP contribution in [-0.4, -0.2) is 67.9 Å². The van der Waals surface area contributed by atoms with Gasteiger partial charge in [-0.3, -0.25) is 14.3 Å². The number of esters is 1. The number of unbranched alkanes of at least 4 members (excludes halogenated alkanes) is 5. The molecule has 5 aromatic carbocycles. The van der Waals surface area contributed by atoms with Crippen LogP contribution in [0, 0.1) is 5.92 Å². The molecule has 0 aliphatic carbocycles. The Labute approximate surface area is 413 Å². The van der Waals surface area contributed by atoms with E-state index in [-0.39, 0.29) is 34.2 Å². The summed E-state index contributed by atoms with van der Waals surface area (Å²) in [7, 11) is 2.23. The van der Waals surface area contributed by atoms with E-state index in [0.717, 1.165) is 67.9 Å². The summed E-state index contributed by atoms with van der Waals surface area (Å²) in [5.74, 6) is 1.41. The van der Waals surface area contributed by atoms with Gasteiger partial charge in [-0.25, -0.2) is 0 Å². The second-order valence-electron chi connectivity index (χ2n) is 16.6. The normalized spacial score (nSPS) is 13.0. The van der Waals surface area contributed by atoms with Crippen molar-refractivity contribution in [3.63, 3.8) is 0 Å². The molecule has 0 unspecified atom stereocenters. The average Bonchev–Trinajstić information content (AvgIpc) is 3.32. The molecule has 14 heteroatoms. The number of rotatable bonds is 23. The number of carbonyl (C=O) groups excluding carboxylic acids is 2. The van der Waals surface area contributed by atoms with Gasteiger partial charge in [-0.15, -0.1) is 11.8 Å². The molecule has 7 nitrogen and oxygen atoms in total. The average molecular weight is 994 g/mol. The van der Waals surface area contributed by atoms with Gasteiger partial charge in [0.15, 0.2) is 0 Å². The number of alkyl halides is 3. The van der Waals surface area contributed by atoms with Crippen molar-refractivity contribution >= 4 is 70.3 Å². The highest BCUT2D eigenvalue weighted by Crippen LogP contribution is 2.41. The topological polar surface area (TPSA) is 87.9 Å². The van der Waals surface area contributed by atoms with Crippen LogP contribution in [0.5, 0.6) is 0 Å². The van der Waals surface area contributed by atoms with Gasteiger partial charge in [0.2, 0.25) is 0 Å². The van der Waals surface area contributed by atoms with E-state index in [9.17, 15) is 22.8 Å². The Morgan fingerprint density at radius 2 is 1.46 bits per heavy atom. The molecule has 0 spiro atoms. The number of carbonyl (C=O) groups is 2. The Hall–Kier alpha value is -4.27. The third kappa shape index (κ3) is 20.1. The smallest absolute Gasteiger partial charge is 0.446 e. The molecule has 5 aromatic rings. The number of nitrogens with zero attached hydrogens (tertiary/aromatic N) is 2. The summed E-state index contributed by atoms with van der Waals surface area (Å²) in [4.78, 5) is 30.4. The molecule has 1 amide bonds. The first-order chi connectivity index (χ1) is 32.4. The summed E-state index contributed by atoms with van der Waals surface area (Å²) in [6.45, 7) is 6.60. The zero-order valence-corrected chi connectivity index (χ0v) is 41.8. The monoisotopic (exact) mass is 992 g/mol. The number of piperidine rings is 1. The van der Waals surface area contributed by atoms with Crippen LogP contribution in [0.4, 0.5) is 24.5 Å². The maximum absolute atomic E-state index is 12.8. The summed E-state index contributed by atoms with van der Waals surface area (Å²) >= 11 is 8.72. The Morgan fingerprint density at radius 3 is 2.16 bits per heavy atom. The Morgan fingerprint density at radius 1 is 0.806 bits per heavy atom. The zero-order chi connectivity index (χ0) is 47.9. The molecular formula is C53H64ClF3N4O3S3. The fourth-order valence-corrected chi connectivity index (χ4v) is 10.2. The molecule has 6 rings (SSSR count). The number of benzene rings is 5. The summed E-state index contributed by atoms with van der Waals surface area (Å²) < 4.78 is 45.9. The standard InChI is InChI=1S/C32H29ClF3N3OS2.C21H35NO2S/c33-25-9-5-22(6-10-25)28-4-2-1-3-24(28)19-21-15-17-39(18-16-21)26-11-7-23(8-12-26)31(40)38-42-27-13-14-29(37)30(20-27)41-32(34,35)36;1-3-24-21(23)16-10-5-4-6-11-17-22(2)18-12-13-19-25-20-14-8-7-9-15-20/h1-14,20-21H,15-19,37H2,(H,38,40);7-9,14-15H,3-6,10-13,16-19H2,1-2H3. The number of nitrogens with two attached hydrogens (primary N) is 1. The quantitative estimate of drug-likeness (QED) is 0.0218. The minimum absolute atomic E-state index is 0.0374. The minimum Gasteiger partial charge on any atom is -0.466 e. The Balaban J connectivity index is 0.000000288. The second-order valence-corrected chi connectivity index (χ2v) is 20.2. The summed E-state index contributed by atoms with van der Waals surface area (Å²) in [5.41, 5.74) is 6.57. The van der Waals surface area contributed by atoms with E-state index in [0.29, 0.717) is 29.4 Å². The molecule has 0 aromatic heterocycles. The lowest BCUT2D eigenvalue weighted by Crippen LogP contribution is -2.34. The molecule has 3 N–H and O–H groups in total. The van der Waals surface area contributed by atoms with Gasteiger partial charge in [-0.1, -0.05) is 85.5 Å². The molecule has 67 heavy (non-hydrogen) atoms. The first-order valence-electron chi connectivity index (χ1n) is 23.2. The van der Waals surface area contributed by atoms with Crippen molar-refractivity contribution in [1.82, 2.24) is 9.62 Å². The van der Waals surface area contributed by atoms with E-state index in [1.165, 1.54) is 84.7 Å². The molecule has 1 aliphatic heterocycles. The van der Waals surface area contributed by atoms with Gasteiger partial charge in [-0.05, 0) is 191 Å². The van der Waals surface area contributed by atoms with Gasteiger partial charge < -0.3 is 20.3 Å². The number of halogens is 4. The first kappa shape index (κ1) is 53.7. The van der Waals surface area contributed by atoms with E-state index in [2.05, 4.69) is 88.3 Å². The molecule has 0 saturated carbocycles. The van der Waals surface area contributed by atoms with Crippen molar-refractivity contribution in [1.29, 1.82) is 0 Å². The maximum Gasteiger partial charge on any atom is 0.446 e. The van der Waals surface area contributed by atoms with Crippen molar-refractivity contribution in [2.24, 2.45) is 5.92 Å². The van der Waals surface area contributed by atoms with Crippen LogP contribution in [-0.2, 0) is 16.0 Å². The third-order valence-electron chi connectivity index (χ3n) is 11.4. The van der Waals surface area contributed by atoms with Crippen molar-refractivity contribution in [2.75, 3.05) is 56.2 Å². The van der Waals surface area contributed by atoms with Crippen LogP contribution in [0.25, 0.3) is 11.1 Å². The molecule has 1 heterocycles. The van der Waals surface area contributed by atoms with E-state index >= 15 is 0 Å². The summed E-state index contributed by atoms with van der Waals surface area (Å²) in [6.07, 6.45) is 12.1. The number of nitrogens with one attached hydrogen (secondary N) is 1. The van der Waals surface area contributed by atoms with E-state index < -0.39 is 5.51 Å². The van der Waals surface area contributed by atoms with E-state index in [1.807, 2.05) is 43.0 Å². The molecule has 0 radical (unpaired) electrons. The van der Waals surface area contributed by atoms with Gasteiger partial charge in [0.25, 0.3) is 5.91 Å². The maximum atomic E-state index is 12.8. The van der Waals surface area contributed by atoms with E-state index in [1.54, 1.807) is 18.2 Å². The minimum atomic E-state index is -4.44. The lowest BCUT2D eigenvalue weighted by atomic mass is 9.87. The van der Waals surface area contributed by atoms with Gasteiger partial charge in [0, 0.05) is 56.2 Å². The number of thioether (sulfide) groups is 2. The van der Waals surface area contributed by atoms with Crippen molar-refractivity contribution in [3.05, 3.63) is 137 Å². The molecule has 360 valence electrons. The van der Waals surface area contributed by atoms with Crippen molar-refractivity contribution in [2.45, 2.75) is 97.7 Å². The van der Waals surface area contributed by atoms with Crippen LogP contribution in [0.3, 0.4) is 0 Å². The number of amides is 1. The Bertz CT molecular complexity index is 2230. The summed E-state index contributed by atoms with van der Waals surface area (Å²) in [6, 6.07) is 38.9. The van der Waals surface area contributed by atoms with Crippen molar-refractivity contribution < 1.29 is 27.5 Å². The van der Waals surface area contributed by atoms with Crippen LogP contribution < -0.4 is 15.4 Å². The molecule has 1 aliphatic rings. The van der Waals surface area contributed by atoms with Gasteiger partial charge in [-0.2, -0.15) is 13.2 Å². The number of hydrogen-bond acceptors (Lipinski definition) is 9. The van der Waals surface area contributed by atoms with Crippen LogP contribution in [0.2, 0.25) is 5.02 Å². The fraction of sp³-hybridized carbons (Fsp3) is 0.396. The lowest BCUT2D eigenvalue weighted by Gasteiger charge is -2.34. The third-order valence-corrected chi connectivity index (χ3v) is 14.4. The number of ether oxygens (including phenoxy) is 1. The predicted octanol–water partition coefficient (Wildman–Crippen LogP) is 14.5. The van der Waals surface area contributed by atoms with Gasteiger partial charge >= 0.3 is 11.5 Å². The SMILES string of the molecule is CCOC(=O)CCCCCCCN(C)CCCCSc1ccccc1.Nc1ccc(SNC(=O)c2ccc(N3CCC(Cc4ccccc4-c4ccc(Cl)cc4)CC3)cc2)cc1SC(F)(F)F. The van der Waals surface area contributed by atoms with Crippen LogP contribution >= 0.6 is 47.1 Å². The number of hydrogen-bond donors (Lipinski definition) is 2. The molecule has 0 bridgehead atoms. The summed E-state index contributed by atoms with van der Waals surface area (Å²) in [5, 5.41) is 0.731. The first-order valence-corrected chi connectivity index (χ1v) is 26.2. The number of nitrogen functional groups attached to an aromatic ring is 1. The molecule has 0 atom stereocenters.